The number of carbonyl (C=O) groups excluding carboxylic acids is 2. The highest BCUT2D eigenvalue weighted by molar-refractivity contribution is 5.80. The van der Waals surface area contributed by atoms with E-state index in [1.165, 1.54) is 12.8 Å². The van der Waals surface area contributed by atoms with Gasteiger partial charge in [-0.15, -0.1) is 0 Å². The number of rotatable bonds is 8. The van der Waals surface area contributed by atoms with Gasteiger partial charge >= 0.3 is 0 Å². The zero-order valence-electron chi connectivity index (χ0n) is 13.5. The lowest BCUT2D eigenvalue weighted by molar-refractivity contribution is -0.122. The zero-order chi connectivity index (χ0) is 16.5. The van der Waals surface area contributed by atoms with Crippen molar-refractivity contribution in [2.45, 2.75) is 44.6 Å². The van der Waals surface area contributed by atoms with Crippen molar-refractivity contribution in [1.82, 2.24) is 10.6 Å². The maximum Gasteiger partial charge on any atom is 0.224 e. The molecule has 1 aromatic rings. The van der Waals surface area contributed by atoms with Crippen LogP contribution in [-0.4, -0.2) is 36.1 Å². The Morgan fingerprint density at radius 3 is 2.48 bits per heavy atom. The standard InChI is InChI=1S/C18H26N2O3/c21-16(15-8-4-5-9-15)13-20-17(22)10-11-19-18(23)12-14-6-2-1-3-7-14/h1-3,6-7,15-16,21H,4-5,8-13H2,(H,19,23)(H,20,22). The third-order valence-electron chi connectivity index (χ3n) is 4.33. The number of aliphatic hydroxyl groups excluding tert-OH is 1. The van der Waals surface area contributed by atoms with E-state index in [1.54, 1.807) is 0 Å². The fourth-order valence-corrected chi connectivity index (χ4v) is 2.97. The molecular formula is C18H26N2O3. The average Bonchev–Trinajstić information content (AvgIpc) is 3.08. The number of hydrogen-bond donors (Lipinski definition) is 3. The van der Waals surface area contributed by atoms with Crippen molar-refractivity contribution < 1.29 is 14.7 Å². The molecule has 5 heteroatoms. The molecule has 0 bridgehead atoms. The molecular weight excluding hydrogens is 292 g/mol. The molecule has 1 aliphatic carbocycles. The summed E-state index contributed by atoms with van der Waals surface area (Å²) in [6, 6.07) is 9.50. The quantitative estimate of drug-likeness (QED) is 0.678. The van der Waals surface area contributed by atoms with Gasteiger partial charge in [0.1, 0.15) is 0 Å². The predicted octanol–water partition coefficient (Wildman–Crippen LogP) is 1.40. The van der Waals surface area contributed by atoms with Crippen molar-refractivity contribution in [3.63, 3.8) is 0 Å². The number of aliphatic hydroxyl groups is 1. The fraction of sp³-hybridized carbons (Fsp3) is 0.556. The molecule has 0 radical (unpaired) electrons. The Morgan fingerprint density at radius 1 is 1.09 bits per heavy atom. The highest BCUT2D eigenvalue weighted by Gasteiger charge is 2.23. The van der Waals surface area contributed by atoms with Gasteiger partial charge in [0, 0.05) is 19.5 Å². The van der Waals surface area contributed by atoms with Crippen LogP contribution in [0.1, 0.15) is 37.7 Å². The molecule has 1 unspecified atom stereocenters. The summed E-state index contributed by atoms with van der Waals surface area (Å²) in [4.78, 5) is 23.5. The van der Waals surface area contributed by atoms with Crippen molar-refractivity contribution in [3.05, 3.63) is 35.9 Å². The van der Waals surface area contributed by atoms with E-state index in [2.05, 4.69) is 10.6 Å². The second-order valence-electron chi connectivity index (χ2n) is 6.18. The Balaban J connectivity index is 1.56. The molecule has 23 heavy (non-hydrogen) atoms. The van der Waals surface area contributed by atoms with Crippen LogP contribution in [0.15, 0.2) is 30.3 Å². The smallest absolute Gasteiger partial charge is 0.224 e. The van der Waals surface area contributed by atoms with Crippen LogP contribution in [0, 0.1) is 5.92 Å². The van der Waals surface area contributed by atoms with E-state index >= 15 is 0 Å². The Labute approximate surface area is 137 Å². The Morgan fingerprint density at radius 2 is 1.78 bits per heavy atom. The fourth-order valence-electron chi connectivity index (χ4n) is 2.97. The van der Waals surface area contributed by atoms with Crippen LogP contribution in [0.2, 0.25) is 0 Å². The molecule has 1 aromatic carbocycles. The molecule has 2 amide bonds. The number of amides is 2. The van der Waals surface area contributed by atoms with E-state index in [1.807, 2.05) is 30.3 Å². The molecule has 2 rings (SSSR count). The number of benzene rings is 1. The van der Waals surface area contributed by atoms with Gasteiger partial charge in [-0.05, 0) is 24.3 Å². The first-order chi connectivity index (χ1) is 11.1. The molecule has 0 aromatic heterocycles. The molecule has 126 valence electrons. The Kier molecular flexibility index (Phi) is 7.07. The van der Waals surface area contributed by atoms with Crippen molar-refractivity contribution >= 4 is 11.8 Å². The molecule has 5 nitrogen and oxygen atoms in total. The van der Waals surface area contributed by atoms with E-state index in [4.69, 9.17) is 0 Å². The molecule has 3 N–H and O–H groups in total. The average molecular weight is 318 g/mol. The van der Waals surface area contributed by atoms with Crippen molar-refractivity contribution in [2.24, 2.45) is 5.92 Å². The van der Waals surface area contributed by atoms with Crippen LogP contribution >= 0.6 is 0 Å². The largest absolute Gasteiger partial charge is 0.391 e. The Hall–Kier alpha value is -1.88. The zero-order valence-corrected chi connectivity index (χ0v) is 13.5. The van der Waals surface area contributed by atoms with Gasteiger partial charge in [-0.25, -0.2) is 0 Å². The SMILES string of the molecule is O=C(CCNC(=O)Cc1ccccc1)NCC(O)C1CCCC1. The third kappa shape index (κ3) is 6.40. The summed E-state index contributed by atoms with van der Waals surface area (Å²) in [5.41, 5.74) is 0.953. The van der Waals surface area contributed by atoms with Gasteiger partial charge in [-0.2, -0.15) is 0 Å². The summed E-state index contributed by atoms with van der Waals surface area (Å²) in [7, 11) is 0. The van der Waals surface area contributed by atoms with Gasteiger partial charge in [0.25, 0.3) is 0 Å². The summed E-state index contributed by atoms with van der Waals surface area (Å²) in [6.45, 7) is 0.623. The Bertz CT molecular complexity index is 498. The van der Waals surface area contributed by atoms with Gasteiger partial charge in [0.2, 0.25) is 11.8 Å². The van der Waals surface area contributed by atoms with Crippen LogP contribution in [0.3, 0.4) is 0 Å². The minimum Gasteiger partial charge on any atom is -0.391 e. The molecule has 0 heterocycles. The van der Waals surface area contributed by atoms with Crippen molar-refractivity contribution in [1.29, 1.82) is 0 Å². The summed E-state index contributed by atoms with van der Waals surface area (Å²) >= 11 is 0. The van der Waals surface area contributed by atoms with Crippen LogP contribution in [0.5, 0.6) is 0 Å². The van der Waals surface area contributed by atoms with E-state index in [0.717, 1.165) is 18.4 Å². The van der Waals surface area contributed by atoms with E-state index in [-0.39, 0.29) is 18.2 Å². The molecule has 1 atom stereocenters. The van der Waals surface area contributed by atoms with E-state index < -0.39 is 6.10 Å². The predicted molar refractivity (Wildman–Crippen MR) is 88.7 cm³/mol. The third-order valence-corrected chi connectivity index (χ3v) is 4.33. The van der Waals surface area contributed by atoms with Gasteiger partial charge in [-0.3, -0.25) is 9.59 Å². The lowest BCUT2D eigenvalue weighted by atomic mass is 10.0. The minimum atomic E-state index is -0.450. The maximum absolute atomic E-state index is 11.8. The molecule has 1 aliphatic rings. The first-order valence-corrected chi connectivity index (χ1v) is 8.40. The lowest BCUT2D eigenvalue weighted by Gasteiger charge is -2.18. The van der Waals surface area contributed by atoms with Crippen LogP contribution in [-0.2, 0) is 16.0 Å². The molecule has 0 aliphatic heterocycles. The highest BCUT2D eigenvalue weighted by atomic mass is 16.3. The monoisotopic (exact) mass is 318 g/mol. The molecule has 1 fully saturated rings. The van der Waals surface area contributed by atoms with Gasteiger partial charge in [-0.1, -0.05) is 43.2 Å². The lowest BCUT2D eigenvalue weighted by Crippen LogP contribution is -2.37. The summed E-state index contributed by atoms with van der Waals surface area (Å²) in [6.07, 6.45) is 4.54. The second kappa shape index (κ2) is 9.30. The minimum absolute atomic E-state index is 0.0880. The molecule has 0 saturated heterocycles. The number of nitrogens with one attached hydrogen (secondary N) is 2. The molecule has 1 saturated carbocycles. The normalized spacial score (nSPS) is 16.0. The summed E-state index contributed by atoms with van der Waals surface area (Å²) in [5, 5.41) is 15.5. The van der Waals surface area contributed by atoms with Gasteiger partial charge in [0.05, 0.1) is 12.5 Å². The highest BCUT2D eigenvalue weighted by Crippen LogP contribution is 2.27. The summed E-state index contributed by atoms with van der Waals surface area (Å²) < 4.78 is 0. The van der Waals surface area contributed by atoms with Gasteiger partial charge < -0.3 is 15.7 Å². The van der Waals surface area contributed by atoms with Crippen molar-refractivity contribution in [3.8, 4) is 0 Å². The first-order valence-electron chi connectivity index (χ1n) is 8.40. The van der Waals surface area contributed by atoms with Crippen LogP contribution in [0.4, 0.5) is 0 Å². The van der Waals surface area contributed by atoms with E-state index in [9.17, 15) is 14.7 Å². The van der Waals surface area contributed by atoms with Gasteiger partial charge in [0.15, 0.2) is 0 Å². The number of hydrogen-bond acceptors (Lipinski definition) is 3. The summed E-state index contributed by atoms with van der Waals surface area (Å²) in [5.74, 6) is 0.0953. The topological polar surface area (TPSA) is 78.4 Å². The number of carbonyl (C=O) groups is 2. The maximum atomic E-state index is 11.8. The van der Waals surface area contributed by atoms with Crippen molar-refractivity contribution in [2.75, 3.05) is 13.1 Å². The van der Waals surface area contributed by atoms with Crippen LogP contribution in [0.25, 0.3) is 0 Å². The first kappa shape index (κ1) is 17.5. The molecule has 0 spiro atoms. The van der Waals surface area contributed by atoms with E-state index in [0.29, 0.717) is 25.4 Å². The van der Waals surface area contributed by atoms with Crippen LogP contribution < -0.4 is 10.6 Å². The second-order valence-corrected chi connectivity index (χ2v) is 6.18.